The number of amides is 1. The number of hydrogen-bond donors (Lipinski definition) is 3. The Hall–Kier alpha value is -2.70. The minimum Gasteiger partial charge on any atom is -0.479 e. The summed E-state index contributed by atoms with van der Waals surface area (Å²) in [6, 6.07) is 4.33. The van der Waals surface area contributed by atoms with Gasteiger partial charge < -0.3 is 10.4 Å². The number of aromatic nitrogens is 2. The molecule has 0 aliphatic heterocycles. The van der Waals surface area contributed by atoms with Gasteiger partial charge in [0.2, 0.25) is 0 Å². The fourth-order valence-electron chi connectivity index (χ4n) is 2.40. The van der Waals surface area contributed by atoms with Gasteiger partial charge in [-0.2, -0.15) is 5.10 Å². The zero-order valence-electron chi connectivity index (χ0n) is 12.5. The number of nitrogens with zero attached hydrogens (tertiary/aromatic N) is 1. The van der Waals surface area contributed by atoms with Crippen LogP contribution in [0.1, 0.15) is 52.1 Å². The van der Waals surface area contributed by atoms with Crippen molar-refractivity contribution in [3.8, 4) is 0 Å². The minimum absolute atomic E-state index is 0.150. The molecule has 0 saturated heterocycles. The Bertz CT molecular complexity index is 768. The van der Waals surface area contributed by atoms with E-state index < -0.39 is 23.7 Å². The van der Waals surface area contributed by atoms with Gasteiger partial charge in [-0.1, -0.05) is 12.1 Å². The number of hydrogen-bond acceptors (Lipinski definition) is 3. The number of rotatable bonds is 5. The van der Waals surface area contributed by atoms with Gasteiger partial charge in [-0.05, 0) is 43.0 Å². The molecule has 1 atom stereocenters. The lowest BCUT2D eigenvalue weighted by Gasteiger charge is -2.15. The van der Waals surface area contributed by atoms with Crippen molar-refractivity contribution >= 4 is 11.9 Å². The highest BCUT2D eigenvalue weighted by atomic mass is 19.1. The lowest BCUT2D eigenvalue weighted by atomic mass is 10.0. The summed E-state index contributed by atoms with van der Waals surface area (Å²) in [6.07, 6.45) is 2.13. The van der Waals surface area contributed by atoms with Gasteiger partial charge in [0.15, 0.2) is 6.04 Å². The van der Waals surface area contributed by atoms with E-state index in [2.05, 4.69) is 15.5 Å². The minimum atomic E-state index is -1.26. The largest absolute Gasteiger partial charge is 0.479 e. The number of aryl methyl sites for hydroxylation is 1. The van der Waals surface area contributed by atoms with E-state index in [0.717, 1.165) is 18.5 Å². The van der Waals surface area contributed by atoms with Crippen molar-refractivity contribution in [1.29, 1.82) is 0 Å². The zero-order chi connectivity index (χ0) is 16.6. The highest BCUT2D eigenvalue weighted by Gasteiger charge is 2.28. The van der Waals surface area contributed by atoms with Gasteiger partial charge in [-0.15, -0.1) is 0 Å². The van der Waals surface area contributed by atoms with Crippen LogP contribution in [0.3, 0.4) is 0 Å². The Balaban J connectivity index is 1.79. The van der Waals surface area contributed by atoms with Gasteiger partial charge in [0.05, 0.1) is 0 Å². The summed E-state index contributed by atoms with van der Waals surface area (Å²) in [6.45, 7) is 1.54. The summed E-state index contributed by atoms with van der Waals surface area (Å²) in [5, 5.41) is 18.5. The van der Waals surface area contributed by atoms with Crippen molar-refractivity contribution in [2.75, 3.05) is 0 Å². The first-order valence-corrected chi connectivity index (χ1v) is 7.30. The molecule has 1 amide bonds. The lowest BCUT2D eigenvalue weighted by molar-refractivity contribution is -0.139. The van der Waals surface area contributed by atoms with Gasteiger partial charge in [0.25, 0.3) is 5.91 Å². The number of aliphatic carboxylic acids is 1. The molecule has 1 heterocycles. The number of halogens is 1. The molecule has 120 valence electrons. The standard InChI is InChI=1S/C16H16FN3O3/c1-8-6-10(4-5-11(8)17)14(16(22)23)18-15(21)13-7-12(19-20-13)9-2-3-9/h4-7,9,14H,2-3H2,1H3,(H,18,21)(H,19,20)(H,22,23). The molecule has 0 spiro atoms. The van der Waals surface area contributed by atoms with Crippen molar-refractivity contribution in [2.45, 2.75) is 31.7 Å². The Labute approximate surface area is 131 Å². The van der Waals surface area contributed by atoms with Crippen molar-refractivity contribution in [3.63, 3.8) is 0 Å². The molecule has 1 unspecified atom stereocenters. The molecule has 6 nitrogen and oxygen atoms in total. The third kappa shape index (κ3) is 3.23. The third-order valence-corrected chi connectivity index (χ3v) is 3.89. The quantitative estimate of drug-likeness (QED) is 0.788. The maximum Gasteiger partial charge on any atom is 0.330 e. The average molecular weight is 317 g/mol. The van der Waals surface area contributed by atoms with Crippen LogP contribution < -0.4 is 5.32 Å². The van der Waals surface area contributed by atoms with Crippen LogP contribution in [0.4, 0.5) is 4.39 Å². The lowest BCUT2D eigenvalue weighted by Crippen LogP contribution is -2.34. The van der Waals surface area contributed by atoms with Crippen molar-refractivity contribution < 1.29 is 19.1 Å². The molecule has 2 aromatic rings. The first-order chi connectivity index (χ1) is 11.0. The van der Waals surface area contributed by atoms with Crippen molar-refractivity contribution in [3.05, 3.63) is 52.6 Å². The van der Waals surface area contributed by atoms with Crippen LogP contribution in [0.15, 0.2) is 24.3 Å². The second kappa shape index (κ2) is 5.83. The second-order valence-corrected chi connectivity index (χ2v) is 5.74. The number of benzene rings is 1. The predicted octanol–water partition coefficient (Wildman–Crippen LogP) is 2.29. The first kappa shape index (κ1) is 15.2. The van der Waals surface area contributed by atoms with Gasteiger partial charge in [-0.3, -0.25) is 9.89 Å². The SMILES string of the molecule is Cc1cc(C(NC(=O)c2cc(C3CC3)[nH]n2)C(=O)O)ccc1F. The molecule has 1 aromatic heterocycles. The van der Waals surface area contributed by atoms with Gasteiger partial charge >= 0.3 is 5.97 Å². The highest BCUT2D eigenvalue weighted by Crippen LogP contribution is 2.39. The number of nitrogens with one attached hydrogen (secondary N) is 2. The molecular formula is C16H16FN3O3. The summed E-state index contributed by atoms with van der Waals surface area (Å²) in [5.74, 6) is -1.81. The van der Waals surface area contributed by atoms with E-state index in [1.165, 1.54) is 25.1 Å². The monoisotopic (exact) mass is 317 g/mol. The Morgan fingerprint density at radius 1 is 1.39 bits per heavy atom. The molecule has 1 aliphatic carbocycles. The van der Waals surface area contributed by atoms with E-state index in [1.54, 1.807) is 6.07 Å². The summed E-state index contributed by atoms with van der Waals surface area (Å²) in [7, 11) is 0. The fraction of sp³-hybridized carbons (Fsp3) is 0.312. The van der Waals surface area contributed by atoms with Gasteiger partial charge in [-0.25, -0.2) is 9.18 Å². The fourth-order valence-corrected chi connectivity index (χ4v) is 2.40. The highest BCUT2D eigenvalue weighted by molar-refractivity contribution is 5.95. The van der Waals surface area contributed by atoms with Gasteiger partial charge in [0.1, 0.15) is 11.5 Å². The molecule has 0 bridgehead atoms. The smallest absolute Gasteiger partial charge is 0.330 e. The number of carboxylic acid groups (broad SMARTS) is 1. The summed E-state index contributed by atoms with van der Waals surface area (Å²) in [5.41, 5.74) is 1.66. The number of carboxylic acids is 1. The van der Waals surface area contributed by atoms with E-state index in [9.17, 15) is 19.1 Å². The Morgan fingerprint density at radius 3 is 2.74 bits per heavy atom. The summed E-state index contributed by atoms with van der Waals surface area (Å²) < 4.78 is 13.3. The Kier molecular flexibility index (Phi) is 3.85. The molecule has 1 fully saturated rings. The number of H-pyrrole nitrogens is 1. The molecule has 1 saturated carbocycles. The normalized spacial score (nSPS) is 15.2. The van der Waals surface area contributed by atoms with Crippen LogP contribution in [0, 0.1) is 12.7 Å². The maximum absolute atomic E-state index is 13.3. The van der Waals surface area contributed by atoms with Crippen LogP contribution in [0.2, 0.25) is 0 Å². The van der Waals surface area contributed by atoms with Crippen LogP contribution in [-0.2, 0) is 4.79 Å². The molecular weight excluding hydrogens is 301 g/mol. The average Bonchev–Trinajstić information content (AvgIpc) is 3.24. The van der Waals surface area contributed by atoms with Crippen LogP contribution in [0.5, 0.6) is 0 Å². The van der Waals surface area contributed by atoms with E-state index in [-0.39, 0.29) is 5.69 Å². The number of carbonyl (C=O) groups excluding carboxylic acids is 1. The molecule has 3 N–H and O–H groups in total. The van der Waals surface area contributed by atoms with Crippen LogP contribution in [-0.4, -0.2) is 27.2 Å². The molecule has 23 heavy (non-hydrogen) atoms. The molecule has 0 radical (unpaired) electrons. The predicted molar refractivity (Wildman–Crippen MR) is 79.5 cm³/mol. The van der Waals surface area contributed by atoms with Crippen LogP contribution >= 0.6 is 0 Å². The molecule has 3 rings (SSSR count). The zero-order valence-corrected chi connectivity index (χ0v) is 12.5. The van der Waals surface area contributed by atoms with Crippen molar-refractivity contribution in [2.24, 2.45) is 0 Å². The van der Waals surface area contributed by atoms with E-state index in [4.69, 9.17) is 0 Å². The van der Waals surface area contributed by atoms with Gasteiger partial charge in [0, 0.05) is 11.6 Å². The van der Waals surface area contributed by atoms with Crippen molar-refractivity contribution in [1.82, 2.24) is 15.5 Å². The molecule has 1 aromatic carbocycles. The van der Waals surface area contributed by atoms with E-state index in [1.807, 2.05) is 0 Å². The second-order valence-electron chi connectivity index (χ2n) is 5.74. The maximum atomic E-state index is 13.3. The Morgan fingerprint density at radius 2 is 2.13 bits per heavy atom. The number of aromatic amines is 1. The number of carbonyl (C=O) groups is 2. The van der Waals surface area contributed by atoms with E-state index in [0.29, 0.717) is 17.0 Å². The third-order valence-electron chi connectivity index (χ3n) is 3.89. The first-order valence-electron chi connectivity index (χ1n) is 7.30. The summed E-state index contributed by atoms with van der Waals surface area (Å²) in [4.78, 5) is 23.7. The molecule has 1 aliphatic rings. The van der Waals surface area contributed by atoms with E-state index >= 15 is 0 Å². The van der Waals surface area contributed by atoms with Crippen LogP contribution in [0.25, 0.3) is 0 Å². The molecule has 7 heteroatoms. The summed E-state index contributed by atoms with van der Waals surface area (Å²) >= 11 is 0. The topological polar surface area (TPSA) is 95.1 Å².